The average molecular weight is 514 g/mol. The molecule has 0 spiro atoms. The molecule has 1 saturated carbocycles. The zero-order chi connectivity index (χ0) is 26.6. The Morgan fingerprint density at radius 2 is 1.76 bits per heavy atom. The highest BCUT2D eigenvalue weighted by molar-refractivity contribution is 6.03. The minimum Gasteiger partial charge on any atom is -0.351 e. The molecule has 1 N–H and O–H groups in total. The average Bonchev–Trinajstić information content (AvgIpc) is 3.58. The van der Waals surface area contributed by atoms with E-state index < -0.39 is 23.7 Å². The van der Waals surface area contributed by atoms with Crippen molar-refractivity contribution in [3.05, 3.63) is 89.7 Å². The number of nitrogens with zero attached hydrogens (tertiary/aromatic N) is 4. The summed E-state index contributed by atoms with van der Waals surface area (Å²) in [6, 6.07) is 18.3. The molecule has 0 radical (unpaired) electrons. The van der Waals surface area contributed by atoms with E-state index in [1.807, 2.05) is 12.1 Å². The van der Waals surface area contributed by atoms with Crippen LogP contribution in [0.2, 0.25) is 0 Å². The van der Waals surface area contributed by atoms with Gasteiger partial charge in [0.1, 0.15) is 23.9 Å². The largest absolute Gasteiger partial charge is 0.351 e. The normalized spacial score (nSPS) is 14.4. The SMILES string of the molecule is CC(=O)c1cccc(N(C(=O)Cn2nnc3ccccc32)C(C(=O)NC2CCCC2)c2ccccc2F)c1. The van der Waals surface area contributed by atoms with Crippen molar-refractivity contribution in [3.8, 4) is 0 Å². The number of benzene rings is 3. The maximum Gasteiger partial charge on any atom is 0.249 e. The molecule has 1 unspecified atom stereocenters. The van der Waals surface area contributed by atoms with Gasteiger partial charge in [-0.3, -0.25) is 19.3 Å². The van der Waals surface area contributed by atoms with Gasteiger partial charge in [-0.15, -0.1) is 5.10 Å². The van der Waals surface area contributed by atoms with Gasteiger partial charge >= 0.3 is 0 Å². The van der Waals surface area contributed by atoms with Crippen LogP contribution in [0.3, 0.4) is 0 Å². The number of carbonyl (C=O) groups excluding carboxylic acids is 3. The topological polar surface area (TPSA) is 97.2 Å². The third-order valence-corrected chi connectivity index (χ3v) is 6.91. The van der Waals surface area contributed by atoms with Gasteiger partial charge in [0.05, 0.1) is 5.52 Å². The van der Waals surface area contributed by atoms with E-state index in [0.717, 1.165) is 25.7 Å². The van der Waals surface area contributed by atoms with Gasteiger partial charge in [0, 0.05) is 22.9 Å². The summed E-state index contributed by atoms with van der Waals surface area (Å²) in [5.74, 6) is -1.78. The molecule has 1 aliphatic carbocycles. The first-order chi connectivity index (χ1) is 18.4. The van der Waals surface area contributed by atoms with E-state index >= 15 is 4.39 Å². The quantitative estimate of drug-likeness (QED) is 0.347. The predicted molar refractivity (Wildman–Crippen MR) is 141 cm³/mol. The Hall–Kier alpha value is -4.40. The highest BCUT2D eigenvalue weighted by Gasteiger charge is 2.36. The fraction of sp³-hybridized carbons (Fsp3) is 0.276. The summed E-state index contributed by atoms with van der Waals surface area (Å²) >= 11 is 0. The minimum absolute atomic E-state index is 0.0449. The van der Waals surface area contributed by atoms with E-state index in [-0.39, 0.29) is 23.9 Å². The standard InChI is InChI=1S/C29H28FN5O3/c1-19(36)20-9-8-12-22(17-20)35(27(37)18-34-26-16-7-6-15-25(26)32-33-34)28(23-13-4-5-14-24(23)30)29(38)31-21-10-2-3-11-21/h4-9,12-17,21,28H,2-3,10-11,18H2,1H3,(H,31,38). The zero-order valence-electron chi connectivity index (χ0n) is 21.0. The molecule has 9 heteroatoms. The molecular formula is C29H28FN5O3. The molecule has 38 heavy (non-hydrogen) atoms. The molecule has 1 aliphatic rings. The lowest BCUT2D eigenvalue weighted by Gasteiger charge is -2.32. The van der Waals surface area contributed by atoms with E-state index in [4.69, 9.17) is 0 Å². The molecule has 8 nitrogen and oxygen atoms in total. The van der Waals surface area contributed by atoms with Crippen LogP contribution < -0.4 is 10.2 Å². The lowest BCUT2D eigenvalue weighted by atomic mass is 10.0. The van der Waals surface area contributed by atoms with Gasteiger partial charge in [0.15, 0.2) is 5.78 Å². The summed E-state index contributed by atoms with van der Waals surface area (Å²) in [7, 11) is 0. The number of para-hydroxylation sites is 1. The number of rotatable bonds is 8. The Morgan fingerprint density at radius 1 is 1.03 bits per heavy atom. The number of anilines is 1. The first-order valence-corrected chi connectivity index (χ1v) is 12.7. The van der Waals surface area contributed by atoms with Crippen molar-refractivity contribution >= 4 is 34.3 Å². The molecule has 4 aromatic rings. The number of ketones is 1. The maximum absolute atomic E-state index is 15.2. The Labute approximate surface area is 219 Å². The molecular weight excluding hydrogens is 485 g/mol. The van der Waals surface area contributed by atoms with Crippen molar-refractivity contribution in [2.45, 2.75) is 51.2 Å². The van der Waals surface area contributed by atoms with Crippen molar-refractivity contribution in [1.29, 1.82) is 0 Å². The van der Waals surface area contributed by atoms with Gasteiger partial charge in [-0.05, 0) is 50.1 Å². The van der Waals surface area contributed by atoms with Crippen LogP contribution in [0.15, 0.2) is 72.8 Å². The fourth-order valence-electron chi connectivity index (χ4n) is 4.99. The number of carbonyl (C=O) groups is 3. The van der Waals surface area contributed by atoms with Crippen molar-refractivity contribution in [3.63, 3.8) is 0 Å². The lowest BCUT2D eigenvalue weighted by Crippen LogP contribution is -2.47. The highest BCUT2D eigenvalue weighted by Crippen LogP contribution is 2.32. The van der Waals surface area contributed by atoms with Crippen molar-refractivity contribution < 1.29 is 18.8 Å². The minimum atomic E-state index is -1.30. The van der Waals surface area contributed by atoms with Crippen LogP contribution in [0.5, 0.6) is 0 Å². The van der Waals surface area contributed by atoms with E-state index in [1.165, 1.54) is 34.7 Å². The summed E-state index contributed by atoms with van der Waals surface area (Å²) < 4.78 is 16.7. The smallest absolute Gasteiger partial charge is 0.249 e. The van der Waals surface area contributed by atoms with Crippen LogP contribution in [0.1, 0.15) is 54.6 Å². The van der Waals surface area contributed by atoms with Gasteiger partial charge in [-0.25, -0.2) is 9.07 Å². The Bertz CT molecular complexity index is 1490. The molecule has 0 aliphatic heterocycles. The number of hydrogen-bond acceptors (Lipinski definition) is 5. The molecule has 0 bridgehead atoms. The van der Waals surface area contributed by atoms with Crippen LogP contribution in [-0.4, -0.2) is 38.6 Å². The Morgan fingerprint density at radius 3 is 2.53 bits per heavy atom. The fourth-order valence-corrected chi connectivity index (χ4v) is 4.99. The summed E-state index contributed by atoms with van der Waals surface area (Å²) in [4.78, 5) is 41.3. The maximum atomic E-state index is 15.2. The van der Waals surface area contributed by atoms with Crippen molar-refractivity contribution in [2.24, 2.45) is 0 Å². The first-order valence-electron chi connectivity index (χ1n) is 12.7. The van der Waals surface area contributed by atoms with Crippen LogP contribution >= 0.6 is 0 Å². The number of fused-ring (bicyclic) bond motifs is 1. The van der Waals surface area contributed by atoms with Crippen LogP contribution in [0.4, 0.5) is 10.1 Å². The molecule has 1 atom stereocenters. The van der Waals surface area contributed by atoms with Crippen molar-refractivity contribution in [2.75, 3.05) is 4.90 Å². The molecule has 194 valence electrons. The third kappa shape index (κ3) is 5.18. The molecule has 3 aromatic carbocycles. The van der Waals surface area contributed by atoms with E-state index in [1.54, 1.807) is 42.5 Å². The summed E-state index contributed by atoms with van der Waals surface area (Å²) in [6.45, 7) is 1.18. The second kappa shape index (κ2) is 10.9. The van der Waals surface area contributed by atoms with E-state index in [0.29, 0.717) is 22.3 Å². The Kier molecular flexibility index (Phi) is 7.26. The number of nitrogens with one attached hydrogen (secondary N) is 1. The number of Topliss-reactive ketones (excluding diaryl/α,β-unsaturated/α-hetero) is 1. The van der Waals surface area contributed by atoms with Gasteiger partial charge in [0.25, 0.3) is 0 Å². The lowest BCUT2D eigenvalue weighted by molar-refractivity contribution is -0.127. The molecule has 1 fully saturated rings. The van der Waals surface area contributed by atoms with Crippen molar-refractivity contribution in [1.82, 2.24) is 20.3 Å². The number of aromatic nitrogens is 3. The first kappa shape index (κ1) is 25.3. The predicted octanol–water partition coefficient (Wildman–Crippen LogP) is 4.61. The van der Waals surface area contributed by atoms with Gasteiger partial charge < -0.3 is 5.32 Å². The monoisotopic (exact) mass is 513 g/mol. The van der Waals surface area contributed by atoms with Gasteiger partial charge in [0.2, 0.25) is 11.8 Å². The summed E-state index contributed by atoms with van der Waals surface area (Å²) in [5.41, 5.74) is 2.01. The molecule has 5 rings (SSSR count). The summed E-state index contributed by atoms with van der Waals surface area (Å²) in [6.07, 6.45) is 3.65. The van der Waals surface area contributed by atoms with Crippen LogP contribution in [0.25, 0.3) is 11.0 Å². The number of hydrogen-bond donors (Lipinski definition) is 1. The Balaban J connectivity index is 1.61. The number of halogens is 1. The summed E-state index contributed by atoms with van der Waals surface area (Å²) in [5, 5.41) is 11.3. The molecule has 1 aromatic heterocycles. The van der Waals surface area contributed by atoms with Crippen LogP contribution in [0, 0.1) is 5.82 Å². The molecule has 1 heterocycles. The zero-order valence-corrected chi connectivity index (χ0v) is 21.0. The second-order valence-electron chi connectivity index (χ2n) is 9.52. The van der Waals surface area contributed by atoms with Crippen LogP contribution in [-0.2, 0) is 16.1 Å². The van der Waals surface area contributed by atoms with Gasteiger partial charge in [-0.2, -0.15) is 0 Å². The highest BCUT2D eigenvalue weighted by atomic mass is 19.1. The van der Waals surface area contributed by atoms with E-state index in [2.05, 4.69) is 15.6 Å². The molecule has 2 amide bonds. The number of amides is 2. The van der Waals surface area contributed by atoms with E-state index in [9.17, 15) is 14.4 Å². The third-order valence-electron chi connectivity index (χ3n) is 6.91. The van der Waals surface area contributed by atoms with Gasteiger partial charge in [-0.1, -0.05) is 60.5 Å². The molecule has 0 saturated heterocycles. The second-order valence-corrected chi connectivity index (χ2v) is 9.52.